The molecule has 3 aromatic heterocycles. The molecule has 0 saturated heterocycles. The van der Waals surface area contributed by atoms with Gasteiger partial charge in [-0.1, -0.05) is 115 Å². The van der Waals surface area contributed by atoms with Gasteiger partial charge in [-0.05, 0) is 83.9 Å². The van der Waals surface area contributed by atoms with Crippen LogP contribution in [0.1, 0.15) is 0 Å². The zero-order valence-electron chi connectivity index (χ0n) is 27.7. The topological polar surface area (TPSA) is 14.8 Å². The summed E-state index contributed by atoms with van der Waals surface area (Å²) >= 11 is 0. The standard InChI is InChI=1S/C48H31N3/c1-4-14-34(15-5-1)49-43-22-12-10-20-37(43)39-26-24-32(28-45(39)49)33-25-27-40-42-30-41-38-21-11-13-23-44(38)50(35-16-6-2-7-17-35)47(41)31-48(42)51(46(40)29-33)36-18-8-3-9-19-36/h1-31H. The molecule has 0 saturated carbocycles. The van der Waals surface area contributed by atoms with Gasteiger partial charge in [0.2, 0.25) is 0 Å². The fourth-order valence-electron chi connectivity index (χ4n) is 8.37. The lowest BCUT2D eigenvalue weighted by Gasteiger charge is -2.11. The van der Waals surface area contributed by atoms with E-state index < -0.39 is 0 Å². The van der Waals surface area contributed by atoms with Crippen LogP contribution in [-0.4, -0.2) is 13.7 Å². The largest absolute Gasteiger partial charge is 0.309 e. The van der Waals surface area contributed by atoms with Crippen LogP contribution in [0, 0.1) is 0 Å². The fraction of sp³-hybridized carbons (Fsp3) is 0. The highest BCUT2D eigenvalue weighted by Crippen LogP contribution is 2.41. The zero-order chi connectivity index (χ0) is 33.5. The Kier molecular flexibility index (Phi) is 5.96. The summed E-state index contributed by atoms with van der Waals surface area (Å²) in [6, 6.07) is 68.4. The normalized spacial score (nSPS) is 11.9. The first-order valence-corrected chi connectivity index (χ1v) is 17.5. The molecule has 0 unspecified atom stereocenters. The fourth-order valence-corrected chi connectivity index (χ4v) is 8.37. The average molecular weight is 650 g/mol. The number of benzene rings is 8. The van der Waals surface area contributed by atoms with Crippen molar-refractivity contribution in [3.63, 3.8) is 0 Å². The van der Waals surface area contributed by atoms with E-state index in [9.17, 15) is 0 Å². The number of fused-ring (bicyclic) bond motifs is 9. The number of rotatable bonds is 4. The van der Waals surface area contributed by atoms with Crippen molar-refractivity contribution in [1.29, 1.82) is 0 Å². The second-order valence-electron chi connectivity index (χ2n) is 13.4. The van der Waals surface area contributed by atoms with Crippen molar-refractivity contribution < 1.29 is 0 Å². The van der Waals surface area contributed by atoms with E-state index >= 15 is 0 Å². The lowest BCUT2D eigenvalue weighted by atomic mass is 10.0. The molecule has 51 heavy (non-hydrogen) atoms. The minimum atomic E-state index is 1.15. The Hall–Kier alpha value is -6.84. The first-order valence-electron chi connectivity index (χ1n) is 17.5. The van der Waals surface area contributed by atoms with Gasteiger partial charge in [0, 0.05) is 49.4 Å². The first kappa shape index (κ1) is 28.0. The Morgan fingerprint density at radius 3 is 1.02 bits per heavy atom. The summed E-state index contributed by atoms with van der Waals surface area (Å²) in [5, 5.41) is 7.55. The molecule has 0 N–H and O–H groups in total. The highest BCUT2D eigenvalue weighted by molar-refractivity contribution is 6.19. The third-order valence-electron chi connectivity index (χ3n) is 10.6. The molecule has 8 aromatic carbocycles. The molecule has 0 atom stereocenters. The van der Waals surface area contributed by atoms with Crippen molar-refractivity contribution in [3.8, 4) is 28.2 Å². The molecule has 3 heteroatoms. The molecular formula is C48H31N3. The smallest absolute Gasteiger partial charge is 0.0562 e. The van der Waals surface area contributed by atoms with Crippen molar-refractivity contribution in [2.24, 2.45) is 0 Å². The number of hydrogen-bond acceptors (Lipinski definition) is 0. The van der Waals surface area contributed by atoms with Gasteiger partial charge >= 0.3 is 0 Å². The van der Waals surface area contributed by atoms with Gasteiger partial charge in [-0.15, -0.1) is 0 Å². The SMILES string of the molecule is c1ccc(-n2c3ccccc3c3ccc(-c4ccc5c6cc7c8ccccc8n(-c8ccccc8)c7cc6n(-c6ccccc6)c5c4)cc32)cc1. The van der Waals surface area contributed by atoms with E-state index in [2.05, 4.69) is 202 Å². The zero-order valence-corrected chi connectivity index (χ0v) is 27.7. The summed E-state index contributed by atoms with van der Waals surface area (Å²) in [6.07, 6.45) is 0. The van der Waals surface area contributed by atoms with Crippen LogP contribution in [0.15, 0.2) is 188 Å². The molecule has 0 bridgehead atoms. The summed E-state index contributed by atoms with van der Waals surface area (Å²) in [6.45, 7) is 0. The van der Waals surface area contributed by atoms with Gasteiger partial charge < -0.3 is 13.7 Å². The van der Waals surface area contributed by atoms with Crippen LogP contribution in [0.5, 0.6) is 0 Å². The van der Waals surface area contributed by atoms with E-state index in [0.717, 1.165) is 11.4 Å². The molecule has 0 radical (unpaired) electrons. The molecule has 0 aliphatic carbocycles. The van der Waals surface area contributed by atoms with Crippen LogP contribution < -0.4 is 0 Å². The Morgan fingerprint density at radius 1 is 0.216 bits per heavy atom. The average Bonchev–Trinajstić information content (AvgIpc) is 3.82. The summed E-state index contributed by atoms with van der Waals surface area (Å²) in [4.78, 5) is 0. The predicted molar refractivity (Wildman–Crippen MR) is 215 cm³/mol. The lowest BCUT2D eigenvalue weighted by molar-refractivity contribution is 1.16. The molecule has 3 nitrogen and oxygen atoms in total. The first-order chi connectivity index (χ1) is 25.3. The highest BCUT2D eigenvalue weighted by Gasteiger charge is 2.19. The van der Waals surface area contributed by atoms with Crippen LogP contribution in [0.3, 0.4) is 0 Å². The Balaban J connectivity index is 1.20. The van der Waals surface area contributed by atoms with Gasteiger partial charge in [0.05, 0.1) is 33.1 Å². The van der Waals surface area contributed by atoms with Crippen LogP contribution in [0.2, 0.25) is 0 Å². The quantitative estimate of drug-likeness (QED) is 0.180. The maximum Gasteiger partial charge on any atom is 0.0562 e. The molecule has 3 heterocycles. The molecule has 0 aliphatic rings. The maximum atomic E-state index is 2.44. The number of nitrogens with zero attached hydrogens (tertiary/aromatic N) is 3. The van der Waals surface area contributed by atoms with Crippen LogP contribution in [0.25, 0.3) is 93.6 Å². The third-order valence-corrected chi connectivity index (χ3v) is 10.6. The summed E-state index contributed by atoms with van der Waals surface area (Å²) in [5.41, 5.74) is 13.1. The summed E-state index contributed by atoms with van der Waals surface area (Å²) in [5.74, 6) is 0. The molecule has 0 fully saturated rings. The van der Waals surface area contributed by atoms with E-state index in [4.69, 9.17) is 0 Å². The van der Waals surface area contributed by atoms with Crippen LogP contribution in [0.4, 0.5) is 0 Å². The molecule has 238 valence electrons. The van der Waals surface area contributed by atoms with Gasteiger partial charge in [-0.2, -0.15) is 0 Å². The van der Waals surface area contributed by atoms with Gasteiger partial charge in [0.1, 0.15) is 0 Å². The monoisotopic (exact) mass is 649 g/mol. The predicted octanol–water partition coefficient (Wildman–Crippen LogP) is 12.6. The third kappa shape index (κ3) is 4.12. The highest BCUT2D eigenvalue weighted by atomic mass is 15.0. The van der Waals surface area contributed by atoms with Crippen molar-refractivity contribution in [2.75, 3.05) is 0 Å². The number of aromatic nitrogens is 3. The lowest BCUT2D eigenvalue weighted by Crippen LogP contribution is -1.95. The number of hydrogen-bond donors (Lipinski definition) is 0. The minimum absolute atomic E-state index is 1.15. The van der Waals surface area contributed by atoms with Gasteiger partial charge in [0.15, 0.2) is 0 Å². The minimum Gasteiger partial charge on any atom is -0.309 e. The Morgan fingerprint density at radius 2 is 0.549 bits per heavy atom. The van der Waals surface area contributed by atoms with Crippen molar-refractivity contribution >= 4 is 65.4 Å². The Labute approximate surface area is 294 Å². The summed E-state index contributed by atoms with van der Waals surface area (Å²) < 4.78 is 7.25. The molecule has 0 spiro atoms. The molecule has 11 aromatic rings. The van der Waals surface area contributed by atoms with Gasteiger partial charge in [0.25, 0.3) is 0 Å². The number of para-hydroxylation sites is 5. The second-order valence-corrected chi connectivity index (χ2v) is 13.4. The van der Waals surface area contributed by atoms with Crippen molar-refractivity contribution in [3.05, 3.63) is 188 Å². The van der Waals surface area contributed by atoms with Gasteiger partial charge in [-0.25, -0.2) is 0 Å². The van der Waals surface area contributed by atoms with Crippen molar-refractivity contribution in [1.82, 2.24) is 13.7 Å². The second kappa shape index (κ2) is 10.8. The molecule has 11 rings (SSSR count). The van der Waals surface area contributed by atoms with E-state index in [1.54, 1.807) is 0 Å². The van der Waals surface area contributed by atoms with Crippen molar-refractivity contribution in [2.45, 2.75) is 0 Å². The van der Waals surface area contributed by atoms with E-state index in [-0.39, 0.29) is 0 Å². The molecule has 0 amide bonds. The van der Waals surface area contributed by atoms with Crippen LogP contribution in [-0.2, 0) is 0 Å². The molecular weight excluding hydrogens is 619 g/mol. The van der Waals surface area contributed by atoms with E-state index in [1.807, 2.05) is 0 Å². The van der Waals surface area contributed by atoms with Crippen LogP contribution >= 0.6 is 0 Å². The van der Waals surface area contributed by atoms with E-state index in [0.29, 0.717) is 0 Å². The maximum absolute atomic E-state index is 2.44. The van der Waals surface area contributed by atoms with E-state index in [1.165, 1.54) is 82.2 Å². The van der Waals surface area contributed by atoms with Gasteiger partial charge in [-0.3, -0.25) is 0 Å². The Bertz CT molecular complexity index is 3110. The summed E-state index contributed by atoms with van der Waals surface area (Å²) in [7, 11) is 0. The molecule has 0 aliphatic heterocycles.